The second kappa shape index (κ2) is 5.27. The van der Waals surface area contributed by atoms with Crippen LogP contribution in [0.3, 0.4) is 0 Å². The van der Waals surface area contributed by atoms with Gasteiger partial charge in [0.25, 0.3) is 0 Å². The monoisotopic (exact) mass is 222 g/mol. The molecule has 1 aromatic rings. The Balaban J connectivity index is 1.93. The van der Waals surface area contributed by atoms with E-state index < -0.39 is 0 Å². The molecule has 88 valence electrons. The van der Waals surface area contributed by atoms with Crippen LogP contribution in [0.4, 0.5) is 0 Å². The fraction of sp³-hybridized carbons (Fsp3) is 0.583. The molecule has 16 heavy (non-hydrogen) atoms. The highest BCUT2D eigenvalue weighted by Crippen LogP contribution is 2.16. The highest BCUT2D eigenvalue weighted by atomic mass is 16.5. The Morgan fingerprint density at radius 1 is 1.44 bits per heavy atom. The van der Waals surface area contributed by atoms with Gasteiger partial charge in [-0.2, -0.15) is 0 Å². The van der Waals surface area contributed by atoms with E-state index in [1.54, 1.807) is 6.07 Å². The van der Waals surface area contributed by atoms with E-state index in [4.69, 9.17) is 9.84 Å². The van der Waals surface area contributed by atoms with Crippen LogP contribution in [-0.2, 0) is 6.61 Å². The SMILES string of the molecule is CN1CCC(Oc2cccc(CO)n2)CC1. The Labute approximate surface area is 95.9 Å². The third-order valence-corrected chi connectivity index (χ3v) is 2.90. The second-order valence-electron chi connectivity index (χ2n) is 4.25. The minimum Gasteiger partial charge on any atom is -0.474 e. The standard InChI is InChI=1S/C12H18N2O2/c1-14-7-5-11(6-8-14)16-12-4-2-3-10(9-15)13-12/h2-4,11,15H,5-9H2,1H3. The number of pyridine rings is 1. The zero-order valence-corrected chi connectivity index (χ0v) is 9.59. The highest BCUT2D eigenvalue weighted by Gasteiger charge is 2.18. The van der Waals surface area contributed by atoms with Crippen LogP contribution in [0, 0.1) is 0 Å². The van der Waals surface area contributed by atoms with Crippen molar-refractivity contribution in [3.8, 4) is 5.88 Å². The van der Waals surface area contributed by atoms with E-state index in [1.807, 2.05) is 12.1 Å². The molecular weight excluding hydrogens is 204 g/mol. The number of ether oxygens (including phenoxy) is 1. The number of aliphatic hydroxyl groups is 1. The van der Waals surface area contributed by atoms with Crippen LogP contribution in [0.5, 0.6) is 5.88 Å². The van der Waals surface area contributed by atoms with Crippen molar-refractivity contribution in [2.45, 2.75) is 25.6 Å². The van der Waals surface area contributed by atoms with Crippen molar-refractivity contribution in [3.05, 3.63) is 23.9 Å². The number of hydrogen-bond donors (Lipinski definition) is 1. The molecule has 0 atom stereocenters. The zero-order valence-electron chi connectivity index (χ0n) is 9.59. The number of aromatic nitrogens is 1. The lowest BCUT2D eigenvalue weighted by atomic mass is 10.1. The van der Waals surface area contributed by atoms with Gasteiger partial charge in [-0.05, 0) is 26.0 Å². The van der Waals surface area contributed by atoms with Crippen LogP contribution in [0.1, 0.15) is 18.5 Å². The second-order valence-corrected chi connectivity index (χ2v) is 4.25. The number of piperidine rings is 1. The van der Waals surface area contributed by atoms with E-state index in [-0.39, 0.29) is 12.7 Å². The minimum atomic E-state index is -0.0371. The number of hydrogen-bond acceptors (Lipinski definition) is 4. The van der Waals surface area contributed by atoms with Gasteiger partial charge in [-0.1, -0.05) is 6.07 Å². The molecule has 0 radical (unpaired) electrons. The largest absolute Gasteiger partial charge is 0.474 e. The summed E-state index contributed by atoms with van der Waals surface area (Å²) in [5.41, 5.74) is 0.658. The predicted octanol–water partition coefficient (Wildman–Crippen LogP) is 1.05. The summed E-state index contributed by atoms with van der Waals surface area (Å²) in [6.45, 7) is 2.11. The number of aliphatic hydroxyl groups excluding tert-OH is 1. The van der Waals surface area contributed by atoms with E-state index in [9.17, 15) is 0 Å². The fourth-order valence-electron chi connectivity index (χ4n) is 1.88. The first-order chi connectivity index (χ1) is 7.78. The molecule has 1 aliphatic heterocycles. The van der Waals surface area contributed by atoms with Crippen molar-refractivity contribution in [1.29, 1.82) is 0 Å². The molecule has 4 nitrogen and oxygen atoms in total. The van der Waals surface area contributed by atoms with E-state index >= 15 is 0 Å². The van der Waals surface area contributed by atoms with Crippen molar-refractivity contribution in [2.24, 2.45) is 0 Å². The molecule has 1 aromatic heterocycles. The van der Waals surface area contributed by atoms with Crippen LogP contribution in [0.2, 0.25) is 0 Å². The van der Waals surface area contributed by atoms with Gasteiger partial charge in [-0.25, -0.2) is 4.98 Å². The Bertz CT molecular complexity index is 336. The average molecular weight is 222 g/mol. The quantitative estimate of drug-likeness (QED) is 0.830. The average Bonchev–Trinajstić information content (AvgIpc) is 2.32. The summed E-state index contributed by atoms with van der Waals surface area (Å²) in [6.07, 6.45) is 2.35. The fourth-order valence-corrected chi connectivity index (χ4v) is 1.88. The first kappa shape index (κ1) is 11.4. The first-order valence-electron chi connectivity index (χ1n) is 5.70. The predicted molar refractivity (Wildman–Crippen MR) is 61.3 cm³/mol. The van der Waals surface area contributed by atoms with Crippen LogP contribution in [0.25, 0.3) is 0 Å². The molecular formula is C12H18N2O2. The molecule has 0 aliphatic carbocycles. The smallest absolute Gasteiger partial charge is 0.213 e. The zero-order chi connectivity index (χ0) is 11.4. The van der Waals surface area contributed by atoms with Gasteiger partial charge in [-0.3, -0.25) is 0 Å². The van der Waals surface area contributed by atoms with Crippen LogP contribution >= 0.6 is 0 Å². The molecule has 2 heterocycles. The van der Waals surface area contributed by atoms with Crippen LogP contribution in [-0.4, -0.2) is 41.2 Å². The summed E-state index contributed by atoms with van der Waals surface area (Å²) < 4.78 is 5.80. The number of likely N-dealkylation sites (tertiary alicyclic amines) is 1. The lowest BCUT2D eigenvalue weighted by Gasteiger charge is -2.28. The molecule has 1 saturated heterocycles. The van der Waals surface area contributed by atoms with Crippen molar-refractivity contribution in [2.75, 3.05) is 20.1 Å². The Hall–Kier alpha value is -1.13. The van der Waals surface area contributed by atoms with Gasteiger partial charge >= 0.3 is 0 Å². The van der Waals surface area contributed by atoms with Crippen molar-refractivity contribution in [3.63, 3.8) is 0 Å². The maximum absolute atomic E-state index is 8.98. The number of nitrogens with zero attached hydrogens (tertiary/aromatic N) is 2. The minimum absolute atomic E-state index is 0.0371. The third-order valence-electron chi connectivity index (χ3n) is 2.90. The van der Waals surface area contributed by atoms with Crippen LogP contribution in [0.15, 0.2) is 18.2 Å². The summed E-state index contributed by atoms with van der Waals surface area (Å²) >= 11 is 0. The molecule has 1 aliphatic rings. The van der Waals surface area contributed by atoms with Gasteiger partial charge in [0.1, 0.15) is 6.10 Å². The van der Waals surface area contributed by atoms with E-state index in [0.29, 0.717) is 11.6 Å². The topological polar surface area (TPSA) is 45.6 Å². The molecule has 2 rings (SSSR count). The Kier molecular flexibility index (Phi) is 3.74. The van der Waals surface area contributed by atoms with Crippen molar-refractivity contribution in [1.82, 2.24) is 9.88 Å². The normalized spacial score (nSPS) is 18.6. The molecule has 0 amide bonds. The maximum Gasteiger partial charge on any atom is 0.213 e. The van der Waals surface area contributed by atoms with Crippen molar-refractivity contribution >= 4 is 0 Å². The van der Waals surface area contributed by atoms with E-state index in [2.05, 4.69) is 16.9 Å². The molecule has 0 spiro atoms. The van der Waals surface area contributed by atoms with Crippen LogP contribution < -0.4 is 4.74 Å². The number of rotatable bonds is 3. The van der Waals surface area contributed by atoms with Gasteiger partial charge in [0.05, 0.1) is 12.3 Å². The lowest BCUT2D eigenvalue weighted by Crippen LogP contribution is -2.35. The van der Waals surface area contributed by atoms with Gasteiger partial charge < -0.3 is 14.7 Å². The highest BCUT2D eigenvalue weighted by molar-refractivity contribution is 5.15. The molecule has 0 aromatic carbocycles. The van der Waals surface area contributed by atoms with E-state index in [0.717, 1.165) is 25.9 Å². The molecule has 1 N–H and O–H groups in total. The summed E-state index contributed by atoms with van der Waals surface area (Å²) in [4.78, 5) is 6.52. The van der Waals surface area contributed by atoms with Gasteiger partial charge in [-0.15, -0.1) is 0 Å². The van der Waals surface area contributed by atoms with Gasteiger partial charge in [0.2, 0.25) is 5.88 Å². The van der Waals surface area contributed by atoms with Crippen molar-refractivity contribution < 1.29 is 9.84 Å². The maximum atomic E-state index is 8.98. The Morgan fingerprint density at radius 2 is 2.19 bits per heavy atom. The molecule has 0 unspecified atom stereocenters. The molecule has 0 bridgehead atoms. The summed E-state index contributed by atoms with van der Waals surface area (Å²) in [5.74, 6) is 0.626. The summed E-state index contributed by atoms with van der Waals surface area (Å²) in [7, 11) is 2.13. The molecule has 1 fully saturated rings. The molecule has 4 heteroatoms. The lowest BCUT2D eigenvalue weighted by molar-refractivity contribution is 0.109. The van der Waals surface area contributed by atoms with E-state index in [1.165, 1.54) is 0 Å². The van der Waals surface area contributed by atoms with Gasteiger partial charge in [0.15, 0.2) is 0 Å². The Morgan fingerprint density at radius 3 is 2.88 bits per heavy atom. The molecule has 0 saturated carbocycles. The summed E-state index contributed by atoms with van der Waals surface area (Å²) in [6, 6.07) is 5.50. The van der Waals surface area contributed by atoms with Gasteiger partial charge in [0, 0.05) is 19.2 Å². The third kappa shape index (κ3) is 2.93. The summed E-state index contributed by atoms with van der Waals surface area (Å²) in [5, 5.41) is 8.98. The first-order valence-corrected chi connectivity index (χ1v) is 5.70.